The second-order valence-electron chi connectivity index (χ2n) is 5.34. The molecular weight excluding hydrogens is 210 g/mol. The van der Waals surface area contributed by atoms with E-state index in [0.717, 1.165) is 19.4 Å². The zero-order valence-corrected chi connectivity index (χ0v) is 11.1. The molecule has 1 rings (SSSR count). The molecular formula is C11H23NO2S. The molecule has 1 aliphatic heterocycles. The number of hydrogen-bond acceptors (Lipinski definition) is 2. The van der Waals surface area contributed by atoms with E-state index < -0.39 is 14.8 Å². The summed E-state index contributed by atoms with van der Waals surface area (Å²) in [5, 5.41) is 0. The van der Waals surface area contributed by atoms with Crippen LogP contribution in [0.5, 0.6) is 0 Å². The van der Waals surface area contributed by atoms with Gasteiger partial charge in [0.15, 0.2) is 0 Å². The van der Waals surface area contributed by atoms with Gasteiger partial charge in [-0.1, -0.05) is 26.2 Å². The SMILES string of the molecule is CCCCC[C@H]1CN1S(=O)(=O)C(C)(C)C. The van der Waals surface area contributed by atoms with E-state index in [2.05, 4.69) is 6.92 Å². The first kappa shape index (κ1) is 13.0. The standard InChI is InChI=1S/C11H23NO2S/c1-5-6-7-8-10-9-12(10)15(13,14)11(2,3)4/h10H,5-9H2,1-4H3/t10-,12?/m0/s1. The smallest absolute Gasteiger partial charge is 0.212 e. The number of unbranched alkanes of at least 4 members (excludes halogenated alkanes) is 2. The molecule has 1 saturated heterocycles. The molecule has 0 aromatic heterocycles. The van der Waals surface area contributed by atoms with Gasteiger partial charge in [-0.2, -0.15) is 4.31 Å². The number of rotatable bonds is 5. The van der Waals surface area contributed by atoms with Crippen LogP contribution in [0.2, 0.25) is 0 Å². The molecule has 0 aromatic rings. The molecule has 4 heteroatoms. The van der Waals surface area contributed by atoms with Crippen molar-refractivity contribution in [3.05, 3.63) is 0 Å². The molecule has 1 unspecified atom stereocenters. The Kier molecular flexibility index (Phi) is 3.82. The Hall–Kier alpha value is -0.0900. The highest BCUT2D eigenvalue weighted by Crippen LogP contribution is 2.33. The van der Waals surface area contributed by atoms with E-state index in [1.807, 2.05) is 0 Å². The predicted octanol–water partition coefficient (Wildman–Crippen LogP) is 2.38. The van der Waals surface area contributed by atoms with Gasteiger partial charge in [0.1, 0.15) is 0 Å². The molecule has 0 aromatic carbocycles. The van der Waals surface area contributed by atoms with Crippen molar-refractivity contribution in [1.29, 1.82) is 0 Å². The highest BCUT2D eigenvalue weighted by Gasteiger charge is 2.48. The van der Waals surface area contributed by atoms with Crippen LogP contribution in [-0.2, 0) is 10.0 Å². The normalized spacial score (nSPS) is 26.7. The van der Waals surface area contributed by atoms with E-state index in [1.165, 1.54) is 12.8 Å². The van der Waals surface area contributed by atoms with Crippen molar-refractivity contribution in [2.75, 3.05) is 6.54 Å². The minimum Gasteiger partial charge on any atom is -0.212 e. The molecule has 0 bridgehead atoms. The zero-order chi connectivity index (χ0) is 11.7. The van der Waals surface area contributed by atoms with Gasteiger partial charge in [-0.05, 0) is 27.2 Å². The summed E-state index contributed by atoms with van der Waals surface area (Å²) in [6, 6.07) is 0.292. The van der Waals surface area contributed by atoms with Crippen LogP contribution in [0.15, 0.2) is 0 Å². The van der Waals surface area contributed by atoms with E-state index in [9.17, 15) is 8.42 Å². The molecule has 2 atom stereocenters. The van der Waals surface area contributed by atoms with Crippen LogP contribution in [0.4, 0.5) is 0 Å². The van der Waals surface area contributed by atoms with E-state index in [4.69, 9.17) is 0 Å². The maximum absolute atomic E-state index is 12.0. The van der Waals surface area contributed by atoms with Gasteiger partial charge in [-0.15, -0.1) is 0 Å². The lowest BCUT2D eigenvalue weighted by atomic mass is 10.2. The summed E-state index contributed by atoms with van der Waals surface area (Å²) in [7, 11) is -3.06. The monoisotopic (exact) mass is 233 g/mol. The Morgan fingerprint density at radius 1 is 1.27 bits per heavy atom. The van der Waals surface area contributed by atoms with Gasteiger partial charge >= 0.3 is 0 Å². The first-order chi connectivity index (χ1) is 6.80. The molecule has 0 N–H and O–H groups in total. The Labute approximate surface area is 93.9 Å². The second-order valence-corrected chi connectivity index (χ2v) is 7.98. The Morgan fingerprint density at radius 3 is 2.33 bits per heavy atom. The number of sulfonamides is 1. The van der Waals surface area contributed by atoms with Crippen LogP contribution in [0.3, 0.4) is 0 Å². The summed E-state index contributed by atoms with van der Waals surface area (Å²) in [5.74, 6) is 0. The lowest BCUT2D eigenvalue weighted by molar-refractivity contribution is 0.507. The van der Waals surface area contributed by atoms with Crippen molar-refractivity contribution in [3.63, 3.8) is 0 Å². The van der Waals surface area contributed by atoms with Crippen molar-refractivity contribution >= 4 is 10.0 Å². The first-order valence-electron chi connectivity index (χ1n) is 5.82. The predicted molar refractivity (Wildman–Crippen MR) is 63.3 cm³/mol. The molecule has 1 aliphatic rings. The van der Waals surface area contributed by atoms with Gasteiger partial charge in [0.2, 0.25) is 10.0 Å². The van der Waals surface area contributed by atoms with E-state index in [-0.39, 0.29) is 0 Å². The van der Waals surface area contributed by atoms with Crippen molar-refractivity contribution in [2.45, 2.75) is 64.2 Å². The molecule has 0 radical (unpaired) electrons. The highest BCUT2D eigenvalue weighted by molar-refractivity contribution is 7.90. The van der Waals surface area contributed by atoms with Gasteiger partial charge in [0, 0.05) is 12.6 Å². The largest absolute Gasteiger partial charge is 0.219 e. The summed E-state index contributed by atoms with van der Waals surface area (Å²) in [4.78, 5) is 0. The Balaban J connectivity index is 2.44. The van der Waals surface area contributed by atoms with Crippen LogP contribution >= 0.6 is 0 Å². The first-order valence-corrected chi connectivity index (χ1v) is 7.26. The maximum Gasteiger partial charge on any atom is 0.219 e. The quantitative estimate of drug-likeness (QED) is 0.540. The number of hydrogen-bond donors (Lipinski definition) is 0. The van der Waals surface area contributed by atoms with Crippen LogP contribution < -0.4 is 0 Å². The minimum absolute atomic E-state index is 0.292. The molecule has 15 heavy (non-hydrogen) atoms. The summed E-state index contributed by atoms with van der Waals surface area (Å²) in [6.45, 7) is 8.21. The lowest BCUT2D eigenvalue weighted by Crippen LogP contribution is -2.34. The third-order valence-electron chi connectivity index (χ3n) is 2.89. The van der Waals surface area contributed by atoms with E-state index in [0.29, 0.717) is 6.04 Å². The molecule has 90 valence electrons. The van der Waals surface area contributed by atoms with Gasteiger partial charge in [-0.3, -0.25) is 0 Å². The average Bonchev–Trinajstić information content (AvgIpc) is 2.82. The van der Waals surface area contributed by atoms with Crippen molar-refractivity contribution in [3.8, 4) is 0 Å². The van der Waals surface area contributed by atoms with Crippen LogP contribution in [0.25, 0.3) is 0 Å². The highest BCUT2D eigenvalue weighted by atomic mass is 32.2. The fraction of sp³-hybridized carbons (Fsp3) is 1.00. The molecule has 1 fully saturated rings. The van der Waals surface area contributed by atoms with Crippen molar-refractivity contribution in [1.82, 2.24) is 4.31 Å². The second kappa shape index (κ2) is 4.42. The maximum atomic E-state index is 12.0. The third-order valence-corrected chi connectivity index (χ3v) is 5.50. The number of nitrogens with zero attached hydrogens (tertiary/aromatic N) is 1. The van der Waals surface area contributed by atoms with Crippen molar-refractivity contribution in [2.24, 2.45) is 0 Å². The summed E-state index contributed by atoms with van der Waals surface area (Å²) in [5.41, 5.74) is 0. The fourth-order valence-corrected chi connectivity index (χ4v) is 3.24. The molecule has 0 aliphatic carbocycles. The fourth-order valence-electron chi connectivity index (χ4n) is 1.67. The van der Waals surface area contributed by atoms with Gasteiger partial charge in [0.25, 0.3) is 0 Å². The van der Waals surface area contributed by atoms with Crippen LogP contribution in [0.1, 0.15) is 53.4 Å². The summed E-state index contributed by atoms with van der Waals surface area (Å²) >= 11 is 0. The minimum atomic E-state index is -3.06. The summed E-state index contributed by atoms with van der Waals surface area (Å²) < 4.78 is 25.0. The average molecular weight is 233 g/mol. The molecule has 3 nitrogen and oxygen atoms in total. The molecule has 1 heterocycles. The Bertz CT molecular complexity index is 303. The lowest BCUT2D eigenvalue weighted by Gasteiger charge is -2.20. The van der Waals surface area contributed by atoms with E-state index in [1.54, 1.807) is 25.1 Å². The third kappa shape index (κ3) is 2.94. The van der Waals surface area contributed by atoms with E-state index >= 15 is 0 Å². The van der Waals surface area contributed by atoms with Crippen LogP contribution in [0, 0.1) is 0 Å². The topological polar surface area (TPSA) is 37.1 Å². The molecule has 0 spiro atoms. The molecule has 0 saturated carbocycles. The van der Waals surface area contributed by atoms with Crippen molar-refractivity contribution < 1.29 is 8.42 Å². The van der Waals surface area contributed by atoms with Gasteiger partial charge in [-0.25, -0.2) is 8.42 Å². The zero-order valence-electron chi connectivity index (χ0n) is 10.3. The Morgan fingerprint density at radius 2 is 1.87 bits per heavy atom. The molecule has 0 amide bonds. The van der Waals surface area contributed by atoms with Crippen LogP contribution in [-0.4, -0.2) is 30.1 Å². The summed E-state index contributed by atoms with van der Waals surface area (Å²) in [6.07, 6.45) is 4.58. The van der Waals surface area contributed by atoms with Gasteiger partial charge in [0.05, 0.1) is 4.75 Å². The van der Waals surface area contributed by atoms with Gasteiger partial charge < -0.3 is 0 Å².